The smallest absolute Gasteiger partial charge is 0.238 e. The van der Waals surface area contributed by atoms with E-state index in [4.69, 9.17) is 5.73 Å². The molecule has 3 rings (SSSR count). The number of nitrogens with one attached hydrogen (secondary N) is 1. The molecule has 3 N–H and O–H groups in total. The van der Waals surface area contributed by atoms with Crippen LogP contribution in [0.5, 0.6) is 0 Å². The Morgan fingerprint density at radius 3 is 2.77 bits per heavy atom. The molecular formula is C18H21N3O. The molecule has 2 aromatic rings. The molecule has 0 unspecified atom stereocenters. The van der Waals surface area contributed by atoms with E-state index >= 15 is 0 Å². The predicted molar refractivity (Wildman–Crippen MR) is 88.4 cm³/mol. The van der Waals surface area contributed by atoms with Gasteiger partial charge in [-0.3, -0.25) is 9.69 Å². The van der Waals surface area contributed by atoms with Crippen molar-refractivity contribution in [2.45, 2.75) is 19.5 Å². The molecule has 1 aliphatic heterocycles. The summed E-state index contributed by atoms with van der Waals surface area (Å²) >= 11 is 0. The third-order valence-electron chi connectivity index (χ3n) is 4.02. The van der Waals surface area contributed by atoms with Gasteiger partial charge >= 0.3 is 0 Å². The van der Waals surface area contributed by atoms with Crippen LogP contribution in [0.3, 0.4) is 0 Å². The number of hydrogen-bond acceptors (Lipinski definition) is 3. The summed E-state index contributed by atoms with van der Waals surface area (Å²) in [4.78, 5) is 14.4. The number of hydrogen-bond donors (Lipinski definition) is 2. The van der Waals surface area contributed by atoms with Gasteiger partial charge in [0.05, 0.1) is 6.54 Å². The Bertz CT molecular complexity index is 669. The Kier molecular flexibility index (Phi) is 4.51. The van der Waals surface area contributed by atoms with Crippen molar-refractivity contribution in [2.75, 3.05) is 18.4 Å². The van der Waals surface area contributed by atoms with Crippen LogP contribution >= 0.6 is 0 Å². The highest BCUT2D eigenvalue weighted by molar-refractivity contribution is 5.92. The highest BCUT2D eigenvalue weighted by atomic mass is 16.2. The summed E-state index contributed by atoms with van der Waals surface area (Å²) < 4.78 is 0. The SMILES string of the molecule is NCc1cccc(NC(=O)CN2CCc3ccccc3C2)c1. The van der Waals surface area contributed by atoms with E-state index in [1.807, 2.05) is 24.3 Å². The Morgan fingerprint density at radius 1 is 1.14 bits per heavy atom. The summed E-state index contributed by atoms with van der Waals surface area (Å²) in [7, 11) is 0. The minimum atomic E-state index is 0.0218. The van der Waals surface area contributed by atoms with Crippen LogP contribution in [0.4, 0.5) is 5.69 Å². The largest absolute Gasteiger partial charge is 0.326 e. The van der Waals surface area contributed by atoms with Crippen LogP contribution in [0.1, 0.15) is 16.7 Å². The molecule has 0 aliphatic carbocycles. The second-order valence-electron chi connectivity index (χ2n) is 5.68. The van der Waals surface area contributed by atoms with Crippen LogP contribution in [0.25, 0.3) is 0 Å². The van der Waals surface area contributed by atoms with E-state index in [0.717, 1.165) is 30.8 Å². The Morgan fingerprint density at radius 2 is 1.95 bits per heavy atom. The number of benzene rings is 2. The number of anilines is 1. The molecule has 22 heavy (non-hydrogen) atoms. The van der Waals surface area contributed by atoms with Crippen molar-refractivity contribution in [3.63, 3.8) is 0 Å². The monoisotopic (exact) mass is 295 g/mol. The first-order valence-electron chi connectivity index (χ1n) is 7.62. The normalized spacial score (nSPS) is 14.4. The van der Waals surface area contributed by atoms with Crippen LogP contribution < -0.4 is 11.1 Å². The number of fused-ring (bicyclic) bond motifs is 1. The first-order valence-corrected chi connectivity index (χ1v) is 7.62. The van der Waals surface area contributed by atoms with E-state index in [1.54, 1.807) is 0 Å². The maximum Gasteiger partial charge on any atom is 0.238 e. The summed E-state index contributed by atoms with van der Waals surface area (Å²) in [5.41, 5.74) is 10.2. The van der Waals surface area contributed by atoms with Gasteiger partial charge in [0.2, 0.25) is 5.91 Å². The molecule has 0 bridgehead atoms. The lowest BCUT2D eigenvalue weighted by molar-refractivity contribution is -0.117. The maximum atomic E-state index is 12.2. The minimum absolute atomic E-state index is 0.0218. The fourth-order valence-corrected chi connectivity index (χ4v) is 2.87. The van der Waals surface area contributed by atoms with Crippen molar-refractivity contribution in [3.05, 3.63) is 65.2 Å². The van der Waals surface area contributed by atoms with E-state index in [1.165, 1.54) is 11.1 Å². The average Bonchev–Trinajstić information content (AvgIpc) is 2.55. The molecule has 2 aromatic carbocycles. The summed E-state index contributed by atoms with van der Waals surface area (Å²) in [6, 6.07) is 16.1. The standard InChI is InChI=1S/C18H21N3O/c19-11-14-4-3-7-17(10-14)20-18(22)13-21-9-8-15-5-1-2-6-16(15)12-21/h1-7,10H,8-9,11-13,19H2,(H,20,22). The van der Waals surface area contributed by atoms with Gasteiger partial charge in [-0.25, -0.2) is 0 Å². The quantitative estimate of drug-likeness (QED) is 0.908. The Balaban J connectivity index is 1.58. The molecule has 0 saturated carbocycles. The van der Waals surface area contributed by atoms with Crippen molar-refractivity contribution in [1.82, 2.24) is 4.90 Å². The van der Waals surface area contributed by atoms with E-state index in [0.29, 0.717) is 13.1 Å². The molecule has 0 atom stereocenters. The van der Waals surface area contributed by atoms with E-state index in [-0.39, 0.29) is 5.91 Å². The highest BCUT2D eigenvalue weighted by Gasteiger charge is 2.17. The molecule has 1 aliphatic rings. The number of amides is 1. The zero-order valence-corrected chi connectivity index (χ0v) is 12.6. The molecule has 0 saturated heterocycles. The summed E-state index contributed by atoms with van der Waals surface area (Å²) in [5, 5.41) is 2.95. The van der Waals surface area contributed by atoms with Crippen molar-refractivity contribution in [1.29, 1.82) is 0 Å². The molecule has 0 aromatic heterocycles. The first-order chi connectivity index (χ1) is 10.7. The molecule has 4 nitrogen and oxygen atoms in total. The van der Waals surface area contributed by atoms with Crippen LogP contribution in [-0.2, 0) is 24.3 Å². The zero-order valence-electron chi connectivity index (χ0n) is 12.6. The molecular weight excluding hydrogens is 274 g/mol. The molecule has 0 radical (unpaired) electrons. The zero-order chi connectivity index (χ0) is 15.4. The van der Waals surface area contributed by atoms with Crippen molar-refractivity contribution in [2.24, 2.45) is 5.73 Å². The summed E-state index contributed by atoms with van der Waals surface area (Å²) in [5.74, 6) is 0.0218. The van der Waals surface area contributed by atoms with Crippen molar-refractivity contribution >= 4 is 11.6 Å². The van der Waals surface area contributed by atoms with Gasteiger partial charge < -0.3 is 11.1 Å². The second kappa shape index (κ2) is 6.73. The summed E-state index contributed by atoms with van der Waals surface area (Å²) in [6.07, 6.45) is 1.01. The van der Waals surface area contributed by atoms with Gasteiger partial charge in [-0.2, -0.15) is 0 Å². The number of nitrogens with two attached hydrogens (primary N) is 1. The van der Waals surface area contributed by atoms with Crippen LogP contribution in [-0.4, -0.2) is 23.9 Å². The van der Waals surface area contributed by atoms with E-state index in [9.17, 15) is 4.79 Å². The van der Waals surface area contributed by atoms with E-state index in [2.05, 4.69) is 34.5 Å². The minimum Gasteiger partial charge on any atom is -0.326 e. The maximum absolute atomic E-state index is 12.2. The van der Waals surface area contributed by atoms with Gasteiger partial charge in [-0.15, -0.1) is 0 Å². The molecule has 1 amide bonds. The third-order valence-corrected chi connectivity index (χ3v) is 4.02. The van der Waals surface area contributed by atoms with Gasteiger partial charge in [0, 0.05) is 25.3 Å². The lowest BCUT2D eigenvalue weighted by atomic mass is 10.00. The highest BCUT2D eigenvalue weighted by Crippen LogP contribution is 2.18. The van der Waals surface area contributed by atoms with Crippen molar-refractivity contribution in [3.8, 4) is 0 Å². The third kappa shape index (κ3) is 3.53. The molecule has 4 heteroatoms. The fourth-order valence-electron chi connectivity index (χ4n) is 2.87. The van der Waals surface area contributed by atoms with Crippen molar-refractivity contribution < 1.29 is 4.79 Å². The van der Waals surface area contributed by atoms with Gasteiger partial charge in [-0.1, -0.05) is 36.4 Å². The molecule has 0 spiro atoms. The Labute approximate surface area is 130 Å². The fraction of sp³-hybridized carbons (Fsp3) is 0.278. The topological polar surface area (TPSA) is 58.4 Å². The number of carbonyl (C=O) groups excluding carboxylic acids is 1. The average molecular weight is 295 g/mol. The van der Waals surface area contributed by atoms with Gasteiger partial charge in [-0.05, 0) is 35.2 Å². The number of carbonyl (C=O) groups is 1. The number of nitrogens with zero attached hydrogens (tertiary/aromatic N) is 1. The Hall–Kier alpha value is -2.17. The van der Waals surface area contributed by atoms with Crippen LogP contribution in [0, 0.1) is 0 Å². The van der Waals surface area contributed by atoms with Crippen LogP contribution in [0.15, 0.2) is 48.5 Å². The molecule has 1 heterocycles. The molecule has 114 valence electrons. The van der Waals surface area contributed by atoms with Gasteiger partial charge in [0.15, 0.2) is 0 Å². The van der Waals surface area contributed by atoms with Crippen LogP contribution in [0.2, 0.25) is 0 Å². The first kappa shape index (κ1) is 14.8. The number of rotatable bonds is 4. The molecule has 0 fully saturated rings. The van der Waals surface area contributed by atoms with Gasteiger partial charge in [0.25, 0.3) is 0 Å². The lowest BCUT2D eigenvalue weighted by Gasteiger charge is -2.28. The summed E-state index contributed by atoms with van der Waals surface area (Å²) in [6.45, 7) is 2.66. The van der Waals surface area contributed by atoms with Gasteiger partial charge in [0.1, 0.15) is 0 Å². The predicted octanol–water partition coefficient (Wildman–Crippen LogP) is 2.14. The second-order valence-corrected chi connectivity index (χ2v) is 5.68. The van der Waals surface area contributed by atoms with E-state index < -0.39 is 0 Å². The lowest BCUT2D eigenvalue weighted by Crippen LogP contribution is -2.37.